The van der Waals surface area contributed by atoms with E-state index in [0.717, 1.165) is 106 Å². The molecule has 5 aromatic heterocycles. The second-order valence-corrected chi connectivity index (χ2v) is 11.4. The van der Waals surface area contributed by atoms with Crippen molar-refractivity contribution in [2.45, 2.75) is 52.4 Å². The summed E-state index contributed by atoms with van der Waals surface area (Å²) in [5.74, 6) is 0. The quantitative estimate of drug-likeness (QED) is 0.189. The molecular weight excluding hydrogens is 540 g/mol. The maximum atomic E-state index is 5.27. The van der Waals surface area contributed by atoms with Crippen molar-refractivity contribution in [2.24, 2.45) is 0 Å². The third kappa shape index (κ3) is 5.28. The number of hydrogen-bond acceptors (Lipinski definition) is 4. The highest BCUT2D eigenvalue weighted by Gasteiger charge is 2.17. The van der Waals surface area contributed by atoms with Gasteiger partial charge in [0.1, 0.15) is 0 Å². The number of aromatic amines is 2. The summed E-state index contributed by atoms with van der Waals surface area (Å²) in [6.45, 7) is 4.48. The Bertz CT molecular complexity index is 2030. The highest BCUT2D eigenvalue weighted by atomic mass is 14.8. The number of nitrogens with zero attached hydrogens (tertiary/aromatic N) is 4. The Balaban J connectivity index is 1.64. The fraction of sp³-hybridized carbons (Fsp3) is 0.211. The van der Waals surface area contributed by atoms with Crippen molar-refractivity contribution < 1.29 is 0 Å². The van der Waals surface area contributed by atoms with E-state index in [0.29, 0.717) is 0 Å². The fourth-order valence-electron chi connectivity index (χ4n) is 6.20. The number of aryl methyl sites for hydroxylation is 1. The summed E-state index contributed by atoms with van der Waals surface area (Å²) in [5.41, 5.74) is 14.9. The van der Waals surface area contributed by atoms with E-state index < -0.39 is 0 Å². The van der Waals surface area contributed by atoms with Crippen molar-refractivity contribution in [1.29, 1.82) is 0 Å². The molecule has 7 heterocycles. The van der Waals surface area contributed by atoms with E-state index in [9.17, 15) is 0 Å². The first-order valence-corrected chi connectivity index (χ1v) is 15.7. The lowest BCUT2D eigenvalue weighted by atomic mass is 10.0. The topological polar surface area (TPSA) is 83.1 Å². The Hall–Kier alpha value is -5.10. The molecule has 0 unspecified atom stereocenters. The molecular formula is C38H36N6. The zero-order chi connectivity index (χ0) is 29.9. The average Bonchev–Trinajstić information content (AvgIpc) is 3.89. The summed E-state index contributed by atoms with van der Waals surface area (Å²) in [7, 11) is 0. The zero-order valence-corrected chi connectivity index (χ0v) is 25.3. The van der Waals surface area contributed by atoms with Gasteiger partial charge in [-0.3, -0.25) is 9.97 Å². The summed E-state index contributed by atoms with van der Waals surface area (Å²) < 4.78 is 0. The van der Waals surface area contributed by atoms with Crippen molar-refractivity contribution in [2.75, 3.05) is 0 Å². The van der Waals surface area contributed by atoms with Crippen molar-refractivity contribution >= 4 is 46.4 Å². The molecule has 6 nitrogen and oxygen atoms in total. The molecule has 2 aliphatic heterocycles. The van der Waals surface area contributed by atoms with Gasteiger partial charge in [-0.15, -0.1) is 0 Å². The van der Waals surface area contributed by atoms with Gasteiger partial charge in [-0.2, -0.15) is 0 Å². The van der Waals surface area contributed by atoms with Crippen LogP contribution in [-0.4, -0.2) is 29.9 Å². The van der Waals surface area contributed by atoms with Gasteiger partial charge in [-0.05, 0) is 110 Å². The maximum Gasteiger partial charge on any atom is 0.0737 e. The van der Waals surface area contributed by atoms with E-state index in [1.807, 2.05) is 36.9 Å². The van der Waals surface area contributed by atoms with E-state index in [1.165, 1.54) is 11.1 Å². The predicted octanol–water partition coefficient (Wildman–Crippen LogP) is 9.46. The van der Waals surface area contributed by atoms with Gasteiger partial charge in [0.05, 0.1) is 22.8 Å². The second kappa shape index (κ2) is 12.3. The molecule has 6 heteroatoms. The number of pyridine rings is 2. The zero-order valence-electron chi connectivity index (χ0n) is 25.3. The second-order valence-electron chi connectivity index (χ2n) is 11.4. The Morgan fingerprint density at radius 2 is 0.909 bits per heavy atom. The van der Waals surface area contributed by atoms with Crippen LogP contribution in [0.5, 0.6) is 0 Å². The van der Waals surface area contributed by atoms with E-state index in [1.54, 1.807) is 0 Å². The summed E-state index contributed by atoms with van der Waals surface area (Å²) in [4.78, 5) is 26.7. The first-order valence-electron chi connectivity index (χ1n) is 15.7. The average molecular weight is 577 g/mol. The molecule has 0 fully saturated rings. The number of unbranched alkanes of at least 4 members (excludes halogenated alkanes) is 2. The Labute approximate surface area is 257 Å². The molecule has 218 valence electrons. The Morgan fingerprint density at radius 1 is 0.477 bits per heavy atom. The van der Waals surface area contributed by atoms with Gasteiger partial charge in [0.2, 0.25) is 0 Å². The molecule has 0 saturated heterocycles. The van der Waals surface area contributed by atoms with Gasteiger partial charge < -0.3 is 9.97 Å². The van der Waals surface area contributed by atoms with Crippen molar-refractivity contribution in [1.82, 2.24) is 29.9 Å². The van der Waals surface area contributed by atoms with Gasteiger partial charge in [0, 0.05) is 69.1 Å². The molecule has 0 spiro atoms. The van der Waals surface area contributed by atoms with Crippen LogP contribution in [0.4, 0.5) is 0 Å². The van der Waals surface area contributed by atoms with E-state index in [4.69, 9.17) is 9.97 Å². The highest BCUT2D eigenvalue weighted by Crippen LogP contribution is 2.34. The summed E-state index contributed by atoms with van der Waals surface area (Å²) in [6, 6.07) is 16.9. The number of rotatable bonds is 8. The Morgan fingerprint density at radius 3 is 1.50 bits per heavy atom. The fourth-order valence-corrected chi connectivity index (χ4v) is 6.20. The third-order valence-corrected chi connectivity index (χ3v) is 8.47. The van der Waals surface area contributed by atoms with Crippen LogP contribution in [0.1, 0.15) is 73.4 Å². The van der Waals surface area contributed by atoms with Gasteiger partial charge in [-0.25, -0.2) is 9.97 Å². The molecule has 0 saturated carbocycles. The SMILES string of the molecule is CCCCc1c2nc(c(CCCC)c3ccc([nH]3)c(-c3ccncc3)c3ccc([nH]3)c(-c3ccncc3)c3nc1C=C3)C=C2. The standard InChI is InChI=1S/C38H36N6/c1-3-5-7-27-29-9-10-30(41-29)28(8-6-4-2)32-12-14-34(43-32)38(26-19-23-40-24-20-26)36-16-15-35(44-36)37(25-17-21-39-22-18-25)33-13-11-31(27)42-33/h9-24,42,44H,3-8H2,1-2H3. The number of fused-ring (bicyclic) bond motifs is 8. The monoisotopic (exact) mass is 576 g/mol. The molecule has 44 heavy (non-hydrogen) atoms. The van der Waals surface area contributed by atoms with Gasteiger partial charge in [-0.1, -0.05) is 26.7 Å². The number of H-pyrrole nitrogens is 2. The molecule has 0 aromatic carbocycles. The van der Waals surface area contributed by atoms with Gasteiger partial charge >= 0.3 is 0 Å². The van der Waals surface area contributed by atoms with E-state index >= 15 is 0 Å². The van der Waals surface area contributed by atoms with Crippen LogP contribution in [0.3, 0.4) is 0 Å². The first kappa shape index (κ1) is 27.7. The minimum Gasteiger partial charge on any atom is -0.355 e. The summed E-state index contributed by atoms with van der Waals surface area (Å²) in [6.07, 6.45) is 22.3. The van der Waals surface area contributed by atoms with Gasteiger partial charge in [0.25, 0.3) is 0 Å². The van der Waals surface area contributed by atoms with Crippen molar-refractivity contribution in [3.8, 4) is 22.3 Å². The molecule has 5 aromatic rings. The number of aromatic nitrogens is 6. The molecule has 0 radical (unpaired) electrons. The lowest BCUT2D eigenvalue weighted by Gasteiger charge is -2.06. The van der Waals surface area contributed by atoms with Crippen LogP contribution in [-0.2, 0) is 12.8 Å². The molecule has 2 N–H and O–H groups in total. The highest BCUT2D eigenvalue weighted by molar-refractivity contribution is 5.97. The maximum absolute atomic E-state index is 5.27. The van der Waals surface area contributed by atoms with Crippen molar-refractivity contribution in [3.63, 3.8) is 0 Å². The Kier molecular flexibility index (Phi) is 7.72. The van der Waals surface area contributed by atoms with E-state index in [-0.39, 0.29) is 0 Å². The lowest BCUT2D eigenvalue weighted by Crippen LogP contribution is -1.96. The van der Waals surface area contributed by atoms with Crippen LogP contribution in [0.2, 0.25) is 0 Å². The molecule has 7 rings (SSSR count). The first-order chi connectivity index (χ1) is 21.7. The smallest absolute Gasteiger partial charge is 0.0737 e. The van der Waals surface area contributed by atoms with Crippen LogP contribution in [0, 0.1) is 0 Å². The third-order valence-electron chi connectivity index (χ3n) is 8.47. The summed E-state index contributed by atoms with van der Waals surface area (Å²) in [5, 5.41) is 0. The van der Waals surface area contributed by atoms with Crippen molar-refractivity contribution in [3.05, 3.63) is 107 Å². The molecule has 2 aliphatic rings. The van der Waals surface area contributed by atoms with E-state index in [2.05, 4.69) is 94.5 Å². The molecule has 0 aliphatic carbocycles. The summed E-state index contributed by atoms with van der Waals surface area (Å²) >= 11 is 0. The van der Waals surface area contributed by atoms with Crippen LogP contribution in [0.25, 0.3) is 68.6 Å². The largest absolute Gasteiger partial charge is 0.355 e. The normalized spacial score (nSPS) is 12.2. The number of nitrogens with one attached hydrogen (secondary N) is 2. The minimum atomic E-state index is 0.926. The van der Waals surface area contributed by atoms with Crippen LogP contribution < -0.4 is 0 Å². The molecule has 8 bridgehead atoms. The minimum absolute atomic E-state index is 0.926. The predicted molar refractivity (Wildman–Crippen MR) is 183 cm³/mol. The van der Waals surface area contributed by atoms with Crippen LogP contribution >= 0.6 is 0 Å². The molecule has 0 atom stereocenters. The lowest BCUT2D eigenvalue weighted by molar-refractivity contribution is 0.786. The van der Waals surface area contributed by atoms with Gasteiger partial charge in [0.15, 0.2) is 0 Å². The molecule has 0 amide bonds. The number of hydrogen-bond donors (Lipinski definition) is 2. The van der Waals surface area contributed by atoms with Crippen LogP contribution in [0.15, 0.2) is 73.3 Å².